The summed E-state index contributed by atoms with van der Waals surface area (Å²) in [5, 5.41) is 5.01. The van der Waals surface area contributed by atoms with Crippen LogP contribution >= 0.6 is 0 Å². The lowest BCUT2D eigenvalue weighted by molar-refractivity contribution is 1.18. The lowest BCUT2D eigenvalue weighted by Gasteiger charge is -2.12. The highest BCUT2D eigenvalue weighted by Crippen LogP contribution is 2.41. The fourth-order valence-corrected chi connectivity index (χ4v) is 7.81. The normalized spacial score (nSPS) is 11.6. The van der Waals surface area contributed by atoms with Crippen LogP contribution in [0.15, 0.2) is 194 Å². The van der Waals surface area contributed by atoms with Crippen LogP contribution in [0.1, 0.15) is 0 Å². The maximum atomic E-state index is 2.43. The topological polar surface area (TPSA) is 9.86 Å². The summed E-state index contributed by atoms with van der Waals surface area (Å²) in [6.45, 7) is 0. The summed E-state index contributed by atoms with van der Waals surface area (Å²) in [6.07, 6.45) is 0. The van der Waals surface area contributed by atoms with Gasteiger partial charge in [0.15, 0.2) is 0 Å². The Hall–Kier alpha value is -6.64. The van der Waals surface area contributed by atoms with Gasteiger partial charge in [-0.2, -0.15) is 0 Å². The third-order valence-electron chi connectivity index (χ3n) is 10.1. The molecule has 0 radical (unpaired) electrons. The van der Waals surface area contributed by atoms with Gasteiger partial charge in [-0.3, -0.25) is 0 Å². The molecule has 50 heavy (non-hydrogen) atoms. The minimum Gasteiger partial charge on any atom is -0.309 e. The van der Waals surface area contributed by atoms with Crippen molar-refractivity contribution in [2.45, 2.75) is 0 Å². The van der Waals surface area contributed by atoms with E-state index in [-0.39, 0.29) is 0 Å². The molecule has 2 nitrogen and oxygen atoms in total. The molecule has 0 aliphatic rings. The van der Waals surface area contributed by atoms with E-state index in [0.717, 1.165) is 11.4 Å². The number of rotatable bonds is 5. The van der Waals surface area contributed by atoms with Gasteiger partial charge in [-0.25, -0.2) is 0 Å². The predicted molar refractivity (Wildman–Crippen MR) is 211 cm³/mol. The summed E-state index contributed by atoms with van der Waals surface area (Å²) in [7, 11) is 0. The van der Waals surface area contributed by atoms with Crippen molar-refractivity contribution >= 4 is 43.6 Å². The lowest BCUT2D eigenvalue weighted by atomic mass is 9.99. The highest BCUT2D eigenvalue weighted by atomic mass is 15.0. The average Bonchev–Trinajstić information content (AvgIpc) is 3.71. The molecule has 0 spiro atoms. The van der Waals surface area contributed by atoms with Crippen molar-refractivity contribution in [3.8, 4) is 44.8 Å². The summed E-state index contributed by atoms with van der Waals surface area (Å²) in [4.78, 5) is 0. The third-order valence-corrected chi connectivity index (χ3v) is 10.1. The Morgan fingerprint density at radius 1 is 0.260 bits per heavy atom. The van der Waals surface area contributed by atoms with Crippen LogP contribution in [0, 0.1) is 0 Å². The fourth-order valence-electron chi connectivity index (χ4n) is 7.81. The van der Waals surface area contributed by atoms with E-state index >= 15 is 0 Å². The van der Waals surface area contributed by atoms with Gasteiger partial charge < -0.3 is 9.13 Å². The molecule has 0 unspecified atom stereocenters. The van der Waals surface area contributed by atoms with Gasteiger partial charge >= 0.3 is 0 Å². The van der Waals surface area contributed by atoms with E-state index < -0.39 is 0 Å². The smallest absolute Gasteiger partial charge is 0.0619 e. The largest absolute Gasteiger partial charge is 0.309 e. The van der Waals surface area contributed by atoms with E-state index in [2.05, 4.69) is 203 Å². The van der Waals surface area contributed by atoms with Crippen LogP contribution in [0.2, 0.25) is 0 Å². The second-order valence-electron chi connectivity index (χ2n) is 13.0. The molecule has 2 heteroatoms. The minimum atomic E-state index is 1.16. The molecule has 2 heterocycles. The number of aromatic nitrogens is 2. The number of fused-ring (bicyclic) bond motifs is 6. The Bertz CT molecular complexity index is 2820. The van der Waals surface area contributed by atoms with E-state index in [0.29, 0.717) is 0 Å². The molecule has 0 saturated heterocycles. The maximum Gasteiger partial charge on any atom is 0.0619 e. The van der Waals surface area contributed by atoms with Crippen molar-refractivity contribution in [1.82, 2.24) is 9.13 Å². The third kappa shape index (κ3) is 4.50. The minimum absolute atomic E-state index is 1.16. The van der Waals surface area contributed by atoms with Gasteiger partial charge in [-0.1, -0.05) is 140 Å². The molecule has 0 aliphatic carbocycles. The molecule has 0 saturated carbocycles. The van der Waals surface area contributed by atoms with Gasteiger partial charge in [0.2, 0.25) is 0 Å². The number of nitrogens with zero attached hydrogens (tertiary/aromatic N) is 2. The highest BCUT2D eigenvalue weighted by molar-refractivity contribution is 6.15. The van der Waals surface area contributed by atoms with Gasteiger partial charge in [0.05, 0.1) is 22.1 Å². The zero-order valence-electron chi connectivity index (χ0n) is 27.4. The maximum absolute atomic E-state index is 2.43. The molecule has 0 aliphatic heterocycles. The average molecular weight is 637 g/mol. The first-order valence-electron chi connectivity index (χ1n) is 17.2. The molecule has 2 aromatic heterocycles. The molecule has 0 atom stereocenters. The summed E-state index contributed by atoms with van der Waals surface area (Å²) in [5.74, 6) is 0. The molecule has 0 fully saturated rings. The van der Waals surface area contributed by atoms with Crippen LogP contribution < -0.4 is 0 Å². The molecule has 0 N–H and O–H groups in total. The molecule has 8 aromatic carbocycles. The molecule has 10 rings (SSSR count). The first kappa shape index (κ1) is 28.4. The summed E-state index contributed by atoms with van der Waals surface area (Å²) < 4.78 is 4.82. The standard InChI is InChI=1S/C48H32N2/c1-4-13-33(14-5-1)34-23-27-39(28-24-34)49-45-22-11-10-19-41(45)43-31-36(25-29-46(43)49)37-26-30-47-44(32-37)42-21-12-20-40(35-15-6-2-7-16-35)48(42)50(47)38-17-8-3-9-18-38/h1-32H. The van der Waals surface area contributed by atoms with Crippen molar-refractivity contribution in [3.05, 3.63) is 194 Å². The highest BCUT2D eigenvalue weighted by Gasteiger charge is 2.18. The van der Waals surface area contributed by atoms with Crippen molar-refractivity contribution in [3.63, 3.8) is 0 Å². The number of hydrogen-bond acceptors (Lipinski definition) is 0. The second-order valence-corrected chi connectivity index (χ2v) is 13.0. The molecule has 0 bridgehead atoms. The lowest BCUT2D eigenvalue weighted by Crippen LogP contribution is -1.95. The zero-order chi connectivity index (χ0) is 33.0. The van der Waals surface area contributed by atoms with Gasteiger partial charge in [0.25, 0.3) is 0 Å². The van der Waals surface area contributed by atoms with Crippen molar-refractivity contribution in [2.24, 2.45) is 0 Å². The van der Waals surface area contributed by atoms with Crippen molar-refractivity contribution in [2.75, 3.05) is 0 Å². The Morgan fingerprint density at radius 2 is 0.740 bits per heavy atom. The van der Waals surface area contributed by atoms with Crippen LogP contribution in [-0.2, 0) is 0 Å². The van der Waals surface area contributed by atoms with E-state index in [1.54, 1.807) is 0 Å². The van der Waals surface area contributed by atoms with E-state index in [9.17, 15) is 0 Å². The van der Waals surface area contributed by atoms with Crippen molar-refractivity contribution in [1.29, 1.82) is 0 Å². The van der Waals surface area contributed by atoms with Gasteiger partial charge in [-0.15, -0.1) is 0 Å². The predicted octanol–water partition coefficient (Wildman–Crippen LogP) is 12.9. The molecule has 0 amide bonds. The van der Waals surface area contributed by atoms with E-state index in [4.69, 9.17) is 0 Å². The second kappa shape index (κ2) is 11.5. The number of para-hydroxylation sites is 3. The first-order valence-corrected chi connectivity index (χ1v) is 17.2. The van der Waals surface area contributed by atoms with Crippen LogP contribution in [0.5, 0.6) is 0 Å². The van der Waals surface area contributed by atoms with E-state index in [1.165, 1.54) is 77.0 Å². The van der Waals surface area contributed by atoms with Gasteiger partial charge in [0, 0.05) is 38.5 Å². The summed E-state index contributed by atoms with van der Waals surface area (Å²) in [6, 6.07) is 70.3. The number of hydrogen-bond donors (Lipinski definition) is 0. The van der Waals surface area contributed by atoms with Crippen LogP contribution in [0.25, 0.3) is 88.4 Å². The molecule has 10 aromatic rings. The van der Waals surface area contributed by atoms with E-state index in [1.807, 2.05) is 0 Å². The summed E-state index contributed by atoms with van der Waals surface area (Å²) in [5.41, 5.74) is 14.5. The SMILES string of the molecule is c1ccc(-c2ccc(-n3c4ccccc4c4cc(-c5ccc6c(c5)c5cccc(-c7ccccc7)c5n6-c5ccccc5)ccc43)cc2)cc1. The van der Waals surface area contributed by atoms with Crippen LogP contribution in [-0.4, -0.2) is 9.13 Å². The Labute approximate surface area is 290 Å². The molecular weight excluding hydrogens is 605 g/mol. The molecule has 234 valence electrons. The quantitative estimate of drug-likeness (QED) is 0.178. The van der Waals surface area contributed by atoms with Crippen LogP contribution in [0.3, 0.4) is 0 Å². The van der Waals surface area contributed by atoms with Crippen LogP contribution in [0.4, 0.5) is 0 Å². The van der Waals surface area contributed by atoms with Gasteiger partial charge in [0.1, 0.15) is 0 Å². The molecular formula is C48H32N2. The van der Waals surface area contributed by atoms with Crippen molar-refractivity contribution < 1.29 is 0 Å². The Morgan fingerprint density at radius 3 is 1.44 bits per heavy atom. The first-order chi connectivity index (χ1) is 24.8. The number of benzene rings is 8. The Balaban J connectivity index is 1.15. The summed E-state index contributed by atoms with van der Waals surface area (Å²) >= 11 is 0. The zero-order valence-corrected chi connectivity index (χ0v) is 27.4. The fraction of sp³-hybridized carbons (Fsp3) is 0. The van der Waals surface area contributed by atoms with Gasteiger partial charge in [-0.05, 0) is 82.4 Å². The Kier molecular flexibility index (Phi) is 6.53. The monoisotopic (exact) mass is 636 g/mol.